The molecule has 0 radical (unpaired) electrons. The lowest BCUT2D eigenvalue weighted by molar-refractivity contribution is -0.137. The summed E-state index contributed by atoms with van der Waals surface area (Å²) >= 11 is 0. The van der Waals surface area contributed by atoms with E-state index in [9.17, 15) is 18.0 Å². The SMILES string of the molecule is CCNS(=O)(=O)c1ccc(C)c(C(=O)N(CC(=O)O)C2CC2)c1. The summed E-state index contributed by atoms with van der Waals surface area (Å²) in [5.41, 5.74) is 0.832. The first-order chi connectivity index (χ1) is 10.8. The summed E-state index contributed by atoms with van der Waals surface area (Å²) < 4.78 is 26.5. The first-order valence-electron chi connectivity index (χ1n) is 7.39. The number of carbonyl (C=O) groups excluding carboxylic acids is 1. The average molecular weight is 340 g/mol. The highest BCUT2D eigenvalue weighted by molar-refractivity contribution is 7.89. The molecule has 8 heteroatoms. The number of amides is 1. The van der Waals surface area contributed by atoms with Gasteiger partial charge in [-0.1, -0.05) is 13.0 Å². The number of hydrogen-bond acceptors (Lipinski definition) is 4. The van der Waals surface area contributed by atoms with E-state index >= 15 is 0 Å². The van der Waals surface area contributed by atoms with Crippen molar-refractivity contribution in [1.82, 2.24) is 9.62 Å². The second-order valence-corrected chi connectivity index (χ2v) is 7.30. The van der Waals surface area contributed by atoms with E-state index in [-0.39, 0.29) is 29.6 Å². The van der Waals surface area contributed by atoms with Gasteiger partial charge >= 0.3 is 5.97 Å². The van der Waals surface area contributed by atoms with E-state index in [1.165, 1.54) is 17.0 Å². The van der Waals surface area contributed by atoms with Crippen molar-refractivity contribution in [3.63, 3.8) is 0 Å². The summed E-state index contributed by atoms with van der Waals surface area (Å²) in [5, 5.41) is 8.98. The molecule has 0 spiro atoms. The lowest BCUT2D eigenvalue weighted by Gasteiger charge is -2.21. The Kier molecular flexibility index (Phi) is 5.06. The van der Waals surface area contributed by atoms with Crippen molar-refractivity contribution in [2.24, 2.45) is 0 Å². The standard InChI is InChI=1S/C15H20N2O5S/c1-3-16-23(21,22)12-7-4-10(2)13(8-12)15(20)17(9-14(18)19)11-5-6-11/h4,7-8,11,16H,3,5-6,9H2,1-2H3,(H,18,19). The normalized spacial score (nSPS) is 14.5. The minimum atomic E-state index is -3.67. The van der Waals surface area contributed by atoms with Crippen LogP contribution in [0.4, 0.5) is 0 Å². The number of rotatable bonds is 7. The largest absolute Gasteiger partial charge is 0.480 e. The van der Waals surface area contributed by atoms with Gasteiger partial charge in [0.05, 0.1) is 4.90 Å². The molecule has 1 amide bonds. The van der Waals surface area contributed by atoms with E-state index in [0.717, 1.165) is 12.8 Å². The molecular weight excluding hydrogens is 320 g/mol. The Morgan fingerprint density at radius 3 is 2.52 bits per heavy atom. The van der Waals surface area contributed by atoms with Gasteiger partial charge in [0.25, 0.3) is 5.91 Å². The lowest BCUT2D eigenvalue weighted by atomic mass is 10.1. The molecule has 0 saturated heterocycles. The minimum Gasteiger partial charge on any atom is -0.480 e. The van der Waals surface area contributed by atoms with E-state index in [4.69, 9.17) is 5.11 Å². The highest BCUT2D eigenvalue weighted by Crippen LogP contribution is 2.29. The van der Waals surface area contributed by atoms with Crippen molar-refractivity contribution in [3.05, 3.63) is 29.3 Å². The summed E-state index contributed by atoms with van der Waals surface area (Å²) in [7, 11) is -3.67. The maximum absolute atomic E-state index is 12.7. The van der Waals surface area contributed by atoms with Crippen molar-refractivity contribution in [2.45, 2.75) is 37.6 Å². The van der Waals surface area contributed by atoms with Crippen molar-refractivity contribution in [3.8, 4) is 0 Å². The van der Waals surface area contributed by atoms with Crippen LogP contribution in [0.1, 0.15) is 35.7 Å². The van der Waals surface area contributed by atoms with Crippen molar-refractivity contribution >= 4 is 21.9 Å². The van der Waals surface area contributed by atoms with Gasteiger partial charge in [-0.05, 0) is 37.5 Å². The average Bonchev–Trinajstić information content (AvgIpc) is 3.28. The fourth-order valence-electron chi connectivity index (χ4n) is 2.33. The number of nitrogens with zero attached hydrogens (tertiary/aromatic N) is 1. The Hall–Kier alpha value is -1.93. The third-order valence-electron chi connectivity index (χ3n) is 3.64. The summed E-state index contributed by atoms with van der Waals surface area (Å²) in [6, 6.07) is 4.23. The number of aryl methyl sites for hydroxylation is 1. The molecule has 2 rings (SSSR count). The zero-order chi connectivity index (χ0) is 17.2. The molecule has 2 N–H and O–H groups in total. The van der Waals surface area contributed by atoms with E-state index in [1.54, 1.807) is 19.9 Å². The van der Waals surface area contributed by atoms with E-state index in [0.29, 0.717) is 5.56 Å². The van der Waals surface area contributed by atoms with E-state index in [2.05, 4.69) is 4.72 Å². The number of aliphatic carboxylic acids is 1. The number of nitrogens with one attached hydrogen (secondary N) is 1. The van der Waals surface area contributed by atoms with Gasteiger partial charge in [-0.15, -0.1) is 0 Å². The summed E-state index contributed by atoms with van der Waals surface area (Å²) in [4.78, 5) is 24.9. The number of hydrogen-bond donors (Lipinski definition) is 2. The second kappa shape index (κ2) is 6.67. The quantitative estimate of drug-likeness (QED) is 0.770. The molecule has 1 fully saturated rings. The molecule has 0 aromatic heterocycles. The molecule has 0 unspecified atom stereocenters. The van der Waals surface area contributed by atoms with Gasteiger partial charge in [0, 0.05) is 18.2 Å². The Morgan fingerprint density at radius 1 is 1.35 bits per heavy atom. The molecule has 1 aliphatic carbocycles. The molecule has 1 aromatic rings. The molecule has 1 aliphatic rings. The number of carboxylic acid groups (broad SMARTS) is 1. The summed E-state index contributed by atoms with van der Waals surface area (Å²) in [6.07, 6.45) is 1.54. The van der Waals surface area contributed by atoms with Gasteiger partial charge in [0.15, 0.2) is 0 Å². The molecule has 1 aromatic carbocycles. The van der Waals surface area contributed by atoms with Gasteiger partial charge in [-0.3, -0.25) is 9.59 Å². The van der Waals surface area contributed by atoms with Crippen LogP contribution in [0.2, 0.25) is 0 Å². The molecule has 1 saturated carbocycles. The predicted molar refractivity (Wildman–Crippen MR) is 83.7 cm³/mol. The van der Waals surface area contributed by atoms with Crippen LogP contribution in [0, 0.1) is 6.92 Å². The Bertz CT molecular complexity index is 725. The Balaban J connectivity index is 2.37. The monoisotopic (exact) mass is 340 g/mol. The highest BCUT2D eigenvalue weighted by Gasteiger charge is 2.35. The molecular formula is C15H20N2O5S. The second-order valence-electron chi connectivity index (χ2n) is 5.54. The zero-order valence-electron chi connectivity index (χ0n) is 13.1. The molecule has 0 heterocycles. The molecule has 0 atom stereocenters. The van der Waals surface area contributed by atoms with Gasteiger partial charge in [-0.2, -0.15) is 0 Å². The smallest absolute Gasteiger partial charge is 0.323 e. The maximum Gasteiger partial charge on any atom is 0.323 e. The van der Waals surface area contributed by atoms with Crippen molar-refractivity contribution in [2.75, 3.05) is 13.1 Å². The van der Waals surface area contributed by atoms with Gasteiger partial charge in [0.2, 0.25) is 10.0 Å². The zero-order valence-corrected chi connectivity index (χ0v) is 13.9. The number of benzene rings is 1. The number of carbonyl (C=O) groups is 2. The molecule has 23 heavy (non-hydrogen) atoms. The van der Waals surface area contributed by atoms with Crippen LogP contribution >= 0.6 is 0 Å². The topological polar surface area (TPSA) is 104 Å². The van der Waals surface area contributed by atoms with Crippen molar-refractivity contribution < 1.29 is 23.1 Å². The lowest BCUT2D eigenvalue weighted by Crippen LogP contribution is -2.38. The van der Waals surface area contributed by atoms with Crippen molar-refractivity contribution in [1.29, 1.82) is 0 Å². The third-order valence-corrected chi connectivity index (χ3v) is 5.18. The fraction of sp³-hybridized carbons (Fsp3) is 0.467. The van der Waals surface area contributed by atoms with E-state index < -0.39 is 21.9 Å². The van der Waals surface area contributed by atoms with Gasteiger partial charge < -0.3 is 10.0 Å². The van der Waals surface area contributed by atoms with Gasteiger partial charge in [-0.25, -0.2) is 13.1 Å². The van der Waals surface area contributed by atoms with Crippen LogP contribution in [0.5, 0.6) is 0 Å². The van der Waals surface area contributed by atoms with E-state index in [1.807, 2.05) is 0 Å². The first-order valence-corrected chi connectivity index (χ1v) is 8.87. The summed E-state index contributed by atoms with van der Waals surface area (Å²) in [6.45, 7) is 3.22. The van der Waals surface area contributed by atoms with Crippen LogP contribution < -0.4 is 4.72 Å². The first kappa shape index (κ1) is 17.4. The minimum absolute atomic E-state index is 0.000582. The van der Waals surface area contributed by atoms with Gasteiger partial charge in [0.1, 0.15) is 6.54 Å². The molecule has 7 nitrogen and oxygen atoms in total. The predicted octanol–water partition coefficient (Wildman–Crippen LogP) is 0.982. The number of carboxylic acids is 1. The van der Waals surface area contributed by atoms with Crippen LogP contribution in [-0.4, -0.2) is 49.4 Å². The summed E-state index contributed by atoms with van der Waals surface area (Å²) in [5.74, 6) is -1.53. The molecule has 126 valence electrons. The van der Waals surface area contributed by atoms with Crippen LogP contribution in [0.15, 0.2) is 23.1 Å². The maximum atomic E-state index is 12.7. The number of sulfonamides is 1. The van der Waals surface area contributed by atoms with Crippen LogP contribution in [0.3, 0.4) is 0 Å². The third kappa shape index (κ3) is 4.08. The molecule has 0 aliphatic heterocycles. The fourth-order valence-corrected chi connectivity index (χ4v) is 3.39. The molecule has 0 bridgehead atoms. The Labute approximate surface area is 135 Å². The van der Waals surface area contributed by atoms with Crippen LogP contribution in [-0.2, 0) is 14.8 Å². The highest BCUT2D eigenvalue weighted by atomic mass is 32.2. The Morgan fingerprint density at radius 2 is 2.00 bits per heavy atom. The van der Waals surface area contributed by atoms with Crippen LogP contribution in [0.25, 0.3) is 0 Å².